The van der Waals surface area contributed by atoms with Gasteiger partial charge in [0.1, 0.15) is 4.90 Å². The predicted octanol–water partition coefficient (Wildman–Crippen LogP) is -0.708. The topological polar surface area (TPSA) is 141 Å². The van der Waals surface area contributed by atoms with Gasteiger partial charge in [-0.25, -0.2) is 0 Å². The zero-order valence-corrected chi connectivity index (χ0v) is 8.47. The molecule has 0 atom stereocenters. The number of amides is 1. The van der Waals surface area contributed by atoms with Crippen molar-refractivity contribution in [3.8, 4) is 0 Å². The Labute approximate surface area is 118 Å². The van der Waals surface area contributed by atoms with Crippen molar-refractivity contribution < 1.29 is 22.7 Å². The first kappa shape index (κ1) is 16.0. The van der Waals surface area contributed by atoms with E-state index in [2.05, 4.69) is 0 Å². The first-order valence-corrected chi connectivity index (χ1v) is 5.23. The number of hydrogen-bond donors (Lipinski definition) is 2. The molecule has 1 amide bonds. The predicted molar refractivity (Wildman–Crippen MR) is 58.6 cm³/mol. The summed E-state index contributed by atoms with van der Waals surface area (Å²) in [6.45, 7) is 0. The molecule has 1 aromatic rings. The molecule has 3 N–H and O–H groups in total. The first-order chi connectivity index (χ1) is 7.23. The van der Waals surface area contributed by atoms with E-state index in [1.54, 1.807) is 0 Å². The molecular weight excluding hydrogens is 263 g/mol. The second-order valence-electron chi connectivity index (χ2n) is 2.78. The Hall–Kier alpha value is -1.000. The number of primary amides is 1. The van der Waals surface area contributed by atoms with Crippen LogP contribution in [0.1, 0.15) is 10.4 Å². The Morgan fingerprint density at radius 3 is 2.29 bits per heavy atom. The summed E-state index contributed by atoms with van der Waals surface area (Å²) in [6, 6.07) is 2.34. The van der Waals surface area contributed by atoms with Crippen LogP contribution in [0.2, 0.25) is 0 Å². The van der Waals surface area contributed by atoms with Gasteiger partial charge in [-0.15, -0.1) is 0 Å². The number of non-ortho nitro benzene ring substituents is 1. The molecule has 0 spiro atoms. The van der Waals surface area contributed by atoms with Crippen molar-refractivity contribution in [1.29, 1.82) is 0 Å². The van der Waals surface area contributed by atoms with Crippen molar-refractivity contribution in [2.45, 2.75) is 4.90 Å². The minimum absolute atomic E-state index is 0. The van der Waals surface area contributed by atoms with Crippen LogP contribution in [0.15, 0.2) is 23.1 Å². The molecule has 17 heavy (non-hydrogen) atoms. The molecule has 0 fully saturated rings. The van der Waals surface area contributed by atoms with Gasteiger partial charge in [0, 0.05) is 12.1 Å². The zero-order chi connectivity index (χ0) is 12.5. The maximum absolute atomic E-state index is 10.9. The Morgan fingerprint density at radius 2 is 1.94 bits per heavy atom. The molecule has 0 radical (unpaired) electrons. The van der Waals surface area contributed by atoms with Gasteiger partial charge in [-0.05, 0) is 6.07 Å². The number of hydrogen-bond acceptors (Lipinski definition) is 5. The van der Waals surface area contributed by atoms with Crippen molar-refractivity contribution in [3.05, 3.63) is 33.9 Å². The number of carbonyl (C=O) groups excluding carboxylic acids is 1. The van der Waals surface area contributed by atoms with E-state index in [1.807, 2.05) is 0 Å². The second kappa shape index (κ2) is 5.56. The van der Waals surface area contributed by atoms with Crippen LogP contribution in [0.25, 0.3) is 0 Å². The average Bonchev–Trinajstić information content (AvgIpc) is 2.15. The number of carbonyl (C=O) groups is 1. The number of nitro groups is 1. The molecular formula is C7H7N2NaO6S. The van der Waals surface area contributed by atoms with Crippen molar-refractivity contribution in [2.24, 2.45) is 5.73 Å². The van der Waals surface area contributed by atoms with Crippen molar-refractivity contribution in [2.75, 3.05) is 0 Å². The van der Waals surface area contributed by atoms with Crippen LogP contribution in [0.3, 0.4) is 0 Å². The fourth-order valence-corrected chi connectivity index (χ4v) is 1.76. The quantitative estimate of drug-likeness (QED) is 0.322. The Balaban J connectivity index is 0.00000256. The van der Waals surface area contributed by atoms with E-state index in [4.69, 9.17) is 10.3 Å². The number of nitrogens with two attached hydrogens (primary N) is 1. The van der Waals surface area contributed by atoms with E-state index in [0.717, 1.165) is 12.1 Å². The second-order valence-corrected chi connectivity index (χ2v) is 4.17. The van der Waals surface area contributed by atoms with E-state index in [9.17, 15) is 23.3 Å². The summed E-state index contributed by atoms with van der Waals surface area (Å²) in [7, 11) is -4.74. The van der Waals surface area contributed by atoms with Crippen LogP contribution < -0.4 is 5.73 Å². The summed E-state index contributed by atoms with van der Waals surface area (Å²) in [5.74, 6) is -1.11. The summed E-state index contributed by atoms with van der Waals surface area (Å²) in [5.41, 5.74) is 3.78. The molecule has 0 saturated carbocycles. The van der Waals surface area contributed by atoms with Crippen molar-refractivity contribution >= 4 is 51.3 Å². The van der Waals surface area contributed by atoms with E-state index in [1.165, 1.54) is 0 Å². The van der Waals surface area contributed by atoms with E-state index < -0.39 is 37.1 Å². The van der Waals surface area contributed by atoms with Gasteiger partial charge in [-0.2, -0.15) is 8.42 Å². The number of benzene rings is 1. The molecule has 8 nitrogen and oxygen atoms in total. The van der Waals surface area contributed by atoms with Gasteiger partial charge in [-0.1, -0.05) is 0 Å². The summed E-state index contributed by atoms with van der Waals surface area (Å²) >= 11 is 0. The van der Waals surface area contributed by atoms with Crippen LogP contribution >= 0.6 is 0 Å². The van der Waals surface area contributed by atoms with Gasteiger partial charge in [-0.3, -0.25) is 19.5 Å². The molecule has 1 rings (SSSR count). The zero-order valence-electron chi connectivity index (χ0n) is 7.65. The van der Waals surface area contributed by atoms with Crippen LogP contribution in [-0.2, 0) is 10.1 Å². The Kier molecular flexibility index (Phi) is 5.23. The molecule has 0 aromatic heterocycles. The van der Waals surface area contributed by atoms with Crippen molar-refractivity contribution in [3.63, 3.8) is 0 Å². The van der Waals surface area contributed by atoms with Crippen LogP contribution in [0, 0.1) is 10.1 Å². The molecule has 0 heterocycles. The van der Waals surface area contributed by atoms with Gasteiger partial charge >= 0.3 is 29.6 Å². The van der Waals surface area contributed by atoms with Gasteiger partial charge in [0.2, 0.25) is 5.91 Å². The molecule has 0 saturated heterocycles. The van der Waals surface area contributed by atoms with Gasteiger partial charge < -0.3 is 5.73 Å². The molecule has 10 heteroatoms. The third kappa shape index (κ3) is 3.75. The minimum atomic E-state index is -4.74. The fraction of sp³-hybridized carbons (Fsp3) is 0. The first-order valence-electron chi connectivity index (χ1n) is 3.79. The summed E-state index contributed by atoms with van der Waals surface area (Å²) in [6.07, 6.45) is 0. The molecule has 0 aliphatic rings. The third-order valence-electron chi connectivity index (χ3n) is 1.72. The summed E-state index contributed by atoms with van der Waals surface area (Å²) in [4.78, 5) is 19.5. The van der Waals surface area contributed by atoms with Crippen LogP contribution in [-0.4, -0.2) is 53.4 Å². The van der Waals surface area contributed by atoms with Crippen molar-refractivity contribution in [1.82, 2.24) is 0 Å². The number of nitrogens with zero attached hydrogens (tertiary/aromatic N) is 1. The number of rotatable bonds is 3. The number of nitro benzene ring substituents is 1. The summed E-state index contributed by atoms with van der Waals surface area (Å²) < 4.78 is 30.5. The SMILES string of the molecule is NC(=O)c1ccc([N+](=O)[O-])cc1S(=O)(=O)O.[NaH]. The molecule has 88 valence electrons. The van der Waals surface area contributed by atoms with E-state index >= 15 is 0 Å². The van der Waals surface area contributed by atoms with Gasteiger partial charge in [0.05, 0.1) is 10.5 Å². The molecule has 0 bridgehead atoms. The van der Waals surface area contributed by atoms with E-state index in [0.29, 0.717) is 6.07 Å². The van der Waals surface area contributed by atoms with Crippen LogP contribution in [0.5, 0.6) is 0 Å². The molecule has 0 aliphatic heterocycles. The average molecular weight is 270 g/mol. The Morgan fingerprint density at radius 1 is 1.41 bits per heavy atom. The standard InChI is InChI=1S/C7H6N2O6S.Na.H/c8-7(10)5-2-1-4(9(11)12)3-6(5)16(13,14)15;;/h1-3H,(H2,8,10)(H,13,14,15);;. The monoisotopic (exact) mass is 270 g/mol. The Bertz CT molecular complexity index is 570. The third-order valence-corrected chi connectivity index (χ3v) is 2.61. The van der Waals surface area contributed by atoms with E-state index in [-0.39, 0.29) is 29.6 Å². The molecule has 0 unspecified atom stereocenters. The maximum atomic E-state index is 10.9. The van der Waals surface area contributed by atoms with Crippen LogP contribution in [0.4, 0.5) is 5.69 Å². The van der Waals surface area contributed by atoms with Gasteiger partial charge in [0.15, 0.2) is 0 Å². The fourth-order valence-electron chi connectivity index (χ4n) is 1.04. The molecule has 0 aliphatic carbocycles. The molecule has 1 aromatic carbocycles. The summed E-state index contributed by atoms with van der Waals surface area (Å²) in [5, 5.41) is 10.4. The van der Waals surface area contributed by atoms with Gasteiger partial charge in [0.25, 0.3) is 15.8 Å². The normalized spacial score (nSPS) is 10.4.